The number of ether oxygens (including phenoxy) is 2. The molecule has 9 heteroatoms. The number of fused-ring (bicyclic) bond motifs is 1. The number of amides is 1. The molecule has 146 valence electrons. The fourth-order valence-electron chi connectivity index (χ4n) is 3.95. The Morgan fingerprint density at radius 2 is 2.22 bits per heavy atom. The highest BCUT2D eigenvalue weighted by atomic mass is 32.1. The summed E-state index contributed by atoms with van der Waals surface area (Å²) >= 11 is 1.41. The molecule has 8 nitrogen and oxygen atoms in total. The second kappa shape index (κ2) is 7.67. The van der Waals surface area contributed by atoms with Crippen molar-refractivity contribution in [1.82, 2.24) is 19.8 Å². The van der Waals surface area contributed by atoms with Crippen molar-refractivity contribution in [2.75, 3.05) is 46.5 Å². The number of aromatic amines is 1. The van der Waals surface area contributed by atoms with Crippen molar-refractivity contribution in [3.05, 3.63) is 27.6 Å². The molecule has 2 aromatic rings. The topological polar surface area (TPSA) is 87.8 Å². The van der Waals surface area contributed by atoms with Crippen LogP contribution in [0, 0.1) is 0 Å². The number of nitrogens with one attached hydrogen (secondary N) is 1. The van der Waals surface area contributed by atoms with Crippen LogP contribution in [0.3, 0.4) is 0 Å². The van der Waals surface area contributed by atoms with Crippen molar-refractivity contribution in [2.45, 2.75) is 25.0 Å². The van der Waals surface area contributed by atoms with E-state index < -0.39 is 0 Å². The van der Waals surface area contributed by atoms with Gasteiger partial charge in [0.05, 0.1) is 24.3 Å². The minimum Gasteiger partial charge on any atom is -0.375 e. The number of hydrogen-bond donors (Lipinski definition) is 1. The third-order valence-electron chi connectivity index (χ3n) is 5.36. The van der Waals surface area contributed by atoms with Gasteiger partial charge in [-0.3, -0.25) is 14.5 Å². The third-order valence-corrected chi connectivity index (χ3v) is 6.26. The summed E-state index contributed by atoms with van der Waals surface area (Å²) in [6.07, 6.45) is 1.62. The van der Waals surface area contributed by atoms with E-state index in [1.54, 1.807) is 0 Å². The molecule has 4 heterocycles. The molecule has 1 N–H and O–H groups in total. The maximum Gasteiger partial charge on any atom is 0.268 e. The van der Waals surface area contributed by atoms with Crippen LogP contribution >= 0.6 is 11.3 Å². The van der Waals surface area contributed by atoms with E-state index in [1.807, 2.05) is 16.3 Å². The first-order valence-electron chi connectivity index (χ1n) is 9.18. The highest BCUT2D eigenvalue weighted by molar-refractivity contribution is 7.17. The predicted octanol–water partition coefficient (Wildman–Crippen LogP) is 0.824. The van der Waals surface area contributed by atoms with Crippen LogP contribution in [-0.2, 0) is 20.8 Å². The lowest BCUT2D eigenvalue weighted by Crippen LogP contribution is -2.57. The lowest BCUT2D eigenvalue weighted by Gasteiger charge is -2.47. The van der Waals surface area contributed by atoms with Crippen LogP contribution in [-0.4, -0.2) is 77.8 Å². The molecule has 2 aliphatic rings. The van der Waals surface area contributed by atoms with Crippen molar-refractivity contribution >= 4 is 27.5 Å². The Kier molecular flexibility index (Phi) is 5.27. The Morgan fingerprint density at radius 1 is 1.41 bits per heavy atom. The Bertz CT molecular complexity index is 872. The van der Waals surface area contributed by atoms with Crippen LogP contribution < -0.4 is 5.56 Å². The van der Waals surface area contributed by atoms with Gasteiger partial charge in [0, 0.05) is 33.3 Å². The van der Waals surface area contributed by atoms with E-state index in [1.165, 1.54) is 18.4 Å². The van der Waals surface area contributed by atoms with E-state index in [0.717, 1.165) is 31.4 Å². The molecule has 0 radical (unpaired) electrons. The first-order chi connectivity index (χ1) is 13.1. The maximum absolute atomic E-state index is 12.2. The number of piperidine rings is 1. The zero-order valence-electron chi connectivity index (χ0n) is 15.4. The number of nitrogens with zero attached hydrogens (tertiary/aromatic N) is 3. The molecule has 0 saturated carbocycles. The molecule has 2 saturated heterocycles. The molecule has 4 rings (SSSR count). The number of methoxy groups -OCH3 is 1. The van der Waals surface area contributed by atoms with E-state index in [4.69, 9.17) is 9.47 Å². The highest BCUT2D eigenvalue weighted by Gasteiger charge is 2.40. The summed E-state index contributed by atoms with van der Waals surface area (Å²) in [7, 11) is 1.54. The second-order valence-corrected chi connectivity index (χ2v) is 8.12. The Morgan fingerprint density at radius 3 is 3.00 bits per heavy atom. The quantitative estimate of drug-likeness (QED) is 0.829. The molecular weight excluding hydrogens is 368 g/mol. The van der Waals surface area contributed by atoms with Gasteiger partial charge < -0.3 is 19.4 Å². The fraction of sp³-hybridized carbons (Fsp3) is 0.611. The van der Waals surface area contributed by atoms with Crippen LogP contribution in [0.2, 0.25) is 0 Å². The highest BCUT2D eigenvalue weighted by Crippen LogP contribution is 2.30. The fourth-order valence-corrected chi connectivity index (χ4v) is 4.67. The average Bonchev–Trinajstić information content (AvgIpc) is 3.12. The van der Waals surface area contributed by atoms with Crippen LogP contribution in [0.1, 0.15) is 18.7 Å². The summed E-state index contributed by atoms with van der Waals surface area (Å²) in [4.78, 5) is 35.8. The normalized spacial score (nSPS) is 20.4. The van der Waals surface area contributed by atoms with Gasteiger partial charge in [-0.2, -0.15) is 0 Å². The molecule has 0 bridgehead atoms. The molecule has 0 aliphatic carbocycles. The Labute approximate surface area is 161 Å². The first kappa shape index (κ1) is 18.5. The summed E-state index contributed by atoms with van der Waals surface area (Å²) in [6.45, 7) is 4.33. The molecule has 0 unspecified atom stereocenters. The number of hydrogen-bond acceptors (Lipinski definition) is 7. The van der Waals surface area contributed by atoms with Crippen LogP contribution in [0.25, 0.3) is 10.2 Å². The number of likely N-dealkylation sites (tertiary alicyclic amines) is 1. The number of morpholine rings is 1. The summed E-state index contributed by atoms with van der Waals surface area (Å²) in [5.74, 6) is 0.724. The Balaban J connectivity index is 1.41. The second-order valence-electron chi connectivity index (χ2n) is 7.20. The summed E-state index contributed by atoms with van der Waals surface area (Å²) in [6, 6.07) is 1.88. The first-order valence-corrected chi connectivity index (χ1v) is 10.1. The van der Waals surface area contributed by atoms with Gasteiger partial charge in [-0.05, 0) is 24.3 Å². The standard InChI is InChI=1S/C18H24N4O4S/c1-25-11-15(23)22-5-3-18(4-6-22)12-21(7-8-26-18)10-14-19-13-2-9-27-16(13)17(24)20-14/h2,9H,3-8,10-12H2,1H3,(H,19,20,24). The van der Waals surface area contributed by atoms with E-state index in [9.17, 15) is 9.59 Å². The van der Waals surface area contributed by atoms with Gasteiger partial charge in [-0.1, -0.05) is 0 Å². The predicted molar refractivity (Wildman–Crippen MR) is 102 cm³/mol. The molecule has 2 aromatic heterocycles. The van der Waals surface area contributed by atoms with Gasteiger partial charge >= 0.3 is 0 Å². The van der Waals surface area contributed by atoms with Crippen molar-refractivity contribution in [3.63, 3.8) is 0 Å². The SMILES string of the molecule is COCC(=O)N1CCC2(CC1)CN(Cc1nc3ccsc3c(=O)[nH]1)CCO2. The molecule has 1 amide bonds. The third kappa shape index (κ3) is 3.91. The van der Waals surface area contributed by atoms with Gasteiger partial charge in [0.1, 0.15) is 17.1 Å². The van der Waals surface area contributed by atoms with E-state index >= 15 is 0 Å². The smallest absolute Gasteiger partial charge is 0.268 e. The van der Waals surface area contributed by atoms with Crippen molar-refractivity contribution < 1.29 is 14.3 Å². The summed E-state index contributed by atoms with van der Waals surface area (Å²) in [5, 5.41) is 1.89. The van der Waals surface area contributed by atoms with Gasteiger partial charge in [0.2, 0.25) is 5.91 Å². The lowest BCUT2D eigenvalue weighted by molar-refractivity contribution is -0.153. The lowest BCUT2D eigenvalue weighted by atomic mass is 9.89. The van der Waals surface area contributed by atoms with E-state index in [2.05, 4.69) is 14.9 Å². The molecule has 27 heavy (non-hydrogen) atoms. The van der Waals surface area contributed by atoms with Crippen molar-refractivity contribution in [1.29, 1.82) is 0 Å². The number of carbonyl (C=O) groups is 1. The number of rotatable bonds is 4. The van der Waals surface area contributed by atoms with Gasteiger partial charge in [-0.15, -0.1) is 11.3 Å². The number of H-pyrrole nitrogens is 1. The van der Waals surface area contributed by atoms with Gasteiger partial charge in [0.15, 0.2) is 0 Å². The van der Waals surface area contributed by atoms with E-state index in [0.29, 0.717) is 36.8 Å². The monoisotopic (exact) mass is 392 g/mol. The zero-order chi connectivity index (χ0) is 18.9. The minimum atomic E-state index is -0.227. The average molecular weight is 392 g/mol. The Hall–Kier alpha value is -1.81. The summed E-state index contributed by atoms with van der Waals surface area (Å²) < 4.78 is 11.8. The molecule has 0 aromatic carbocycles. The molecule has 0 atom stereocenters. The summed E-state index contributed by atoms with van der Waals surface area (Å²) in [5.41, 5.74) is 0.458. The van der Waals surface area contributed by atoms with Gasteiger partial charge in [0.25, 0.3) is 5.56 Å². The minimum absolute atomic E-state index is 0.0332. The number of carbonyl (C=O) groups excluding carboxylic acids is 1. The van der Waals surface area contributed by atoms with Crippen molar-refractivity contribution in [2.24, 2.45) is 0 Å². The van der Waals surface area contributed by atoms with Crippen LogP contribution in [0.4, 0.5) is 0 Å². The number of thiophene rings is 1. The van der Waals surface area contributed by atoms with Crippen molar-refractivity contribution in [3.8, 4) is 0 Å². The zero-order valence-corrected chi connectivity index (χ0v) is 16.2. The van der Waals surface area contributed by atoms with Crippen LogP contribution in [0.5, 0.6) is 0 Å². The molecule has 2 aliphatic heterocycles. The van der Waals surface area contributed by atoms with Gasteiger partial charge in [-0.25, -0.2) is 4.98 Å². The maximum atomic E-state index is 12.2. The molecule has 1 spiro atoms. The molecule has 2 fully saturated rings. The number of aromatic nitrogens is 2. The van der Waals surface area contributed by atoms with Crippen LogP contribution in [0.15, 0.2) is 16.2 Å². The molecular formula is C18H24N4O4S. The van der Waals surface area contributed by atoms with E-state index in [-0.39, 0.29) is 23.7 Å². The largest absolute Gasteiger partial charge is 0.375 e.